The molecule has 51 heavy (non-hydrogen) atoms. The molecule has 0 fully saturated rings. The molecule has 6 N–H and O–H groups in total. The van der Waals surface area contributed by atoms with Crippen molar-refractivity contribution in [3.8, 4) is 34.5 Å². The summed E-state index contributed by atoms with van der Waals surface area (Å²) in [6, 6.07) is 25.7. The molecule has 0 unspecified atom stereocenters. The normalized spacial score (nSPS) is 19.5. The Morgan fingerprint density at radius 3 is 1.41 bits per heavy atom. The van der Waals surface area contributed by atoms with Gasteiger partial charge in [-0.05, 0) is 72.1 Å². The molecule has 4 aliphatic rings. The predicted molar refractivity (Wildman–Crippen MR) is 188 cm³/mol. The second-order valence-corrected chi connectivity index (χ2v) is 12.9. The van der Waals surface area contributed by atoms with E-state index in [1.54, 1.807) is 24.3 Å². The van der Waals surface area contributed by atoms with Gasteiger partial charge in [0.2, 0.25) is 11.4 Å². The first kappa shape index (κ1) is 31.8. The lowest BCUT2D eigenvalue weighted by Crippen LogP contribution is -2.43. The first-order valence-electron chi connectivity index (χ1n) is 16.0. The largest absolute Gasteiger partial charge is 0.507 e. The van der Waals surface area contributed by atoms with Gasteiger partial charge in [0.25, 0.3) is 11.8 Å². The molecule has 2 atom stereocenters. The number of hydrogen-bond donors (Lipinski definition) is 4. The van der Waals surface area contributed by atoms with E-state index >= 15 is 0 Å². The van der Waals surface area contributed by atoms with Gasteiger partial charge in [-0.1, -0.05) is 48.5 Å². The fourth-order valence-corrected chi connectivity index (χ4v) is 8.02. The van der Waals surface area contributed by atoms with Crippen LogP contribution in [0.25, 0.3) is 21.5 Å². The van der Waals surface area contributed by atoms with Crippen molar-refractivity contribution in [2.45, 2.75) is 25.3 Å². The summed E-state index contributed by atoms with van der Waals surface area (Å²) < 4.78 is 23.3. The average Bonchev–Trinajstić information content (AvgIpc) is 3.79. The van der Waals surface area contributed by atoms with E-state index in [2.05, 4.69) is 10.6 Å². The first-order chi connectivity index (χ1) is 24.1. The molecule has 6 aromatic carbocycles. The van der Waals surface area contributed by atoms with Crippen LogP contribution in [0.15, 0.2) is 84.9 Å². The van der Waals surface area contributed by atoms with E-state index in [1.807, 2.05) is 74.5 Å². The zero-order valence-corrected chi connectivity index (χ0v) is 27.9. The van der Waals surface area contributed by atoms with Gasteiger partial charge in [0, 0.05) is 21.9 Å². The molecule has 0 radical (unpaired) electrons. The molecule has 11 nitrogen and oxygen atoms in total. The van der Waals surface area contributed by atoms with E-state index in [1.165, 1.54) is 14.2 Å². The second kappa shape index (κ2) is 10.8. The van der Waals surface area contributed by atoms with Crippen molar-refractivity contribution >= 4 is 33.4 Å². The van der Waals surface area contributed by atoms with Crippen LogP contribution in [-0.2, 0) is 11.4 Å². The van der Waals surface area contributed by atoms with Crippen LogP contribution in [0.3, 0.4) is 0 Å². The molecule has 10 rings (SSSR count). The number of hydrogen-bond acceptors (Lipinski definition) is 8. The van der Waals surface area contributed by atoms with Crippen LogP contribution in [0, 0.1) is 13.8 Å². The summed E-state index contributed by atoms with van der Waals surface area (Å²) in [7, 11) is 3.05. The molecule has 256 valence electrons. The van der Waals surface area contributed by atoms with Crippen LogP contribution in [0.1, 0.15) is 54.1 Å². The van der Waals surface area contributed by atoms with Crippen molar-refractivity contribution < 1.29 is 44.2 Å². The van der Waals surface area contributed by atoms with E-state index in [-0.39, 0.29) is 28.8 Å². The van der Waals surface area contributed by atoms with Gasteiger partial charge < -0.3 is 45.3 Å². The van der Waals surface area contributed by atoms with E-state index in [0.717, 1.165) is 32.7 Å². The number of ether oxygens (including phenoxy) is 4. The number of aromatic hydroxyl groups is 2. The zero-order chi connectivity index (χ0) is 34.7. The molecule has 0 bridgehead atoms. The van der Waals surface area contributed by atoms with Crippen LogP contribution in [0.5, 0.6) is 34.5 Å². The monoisotopic (exact) mass is 684 g/mol. The number of aryl methyl sites for hydroxylation is 2. The van der Waals surface area contributed by atoms with Crippen molar-refractivity contribution in [3.05, 3.63) is 129 Å². The van der Waals surface area contributed by atoms with E-state index in [4.69, 9.17) is 18.9 Å². The zero-order valence-electron chi connectivity index (χ0n) is 27.9. The quantitative estimate of drug-likeness (QED) is 0.184. The number of fused-ring (bicyclic) bond motifs is 6. The van der Waals surface area contributed by atoms with Gasteiger partial charge in [0.05, 0.1) is 36.5 Å². The molecule has 2 spiro atoms. The van der Waals surface area contributed by atoms with Crippen molar-refractivity contribution in [3.63, 3.8) is 0 Å². The third-order valence-electron chi connectivity index (χ3n) is 9.92. The number of benzene rings is 6. The van der Waals surface area contributed by atoms with Crippen molar-refractivity contribution in [2.24, 2.45) is 0 Å². The number of nitrogens with one attached hydrogen (secondary N) is 2. The maximum atomic E-state index is 12.7. The maximum Gasteiger partial charge on any atom is 0.259 e. The summed E-state index contributed by atoms with van der Waals surface area (Å²) in [6.07, 6.45) is 0. The summed E-state index contributed by atoms with van der Waals surface area (Å²) in [4.78, 5) is 25.4. The van der Waals surface area contributed by atoms with Crippen molar-refractivity contribution in [1.82, 2.24) is 10.6 Å². The van der Waals surface area contributed by atoms with Gasteiger partial charge in [-0.2, -0.15) is 0 Å². The lowest BCUT2D eigenvalue weighted by Gasteiger charge is -2.26. The standard InChI is InChI=1S/2C20H15NO4.H2O/c2*1-10-8-11-6-7-13(22)18-16(11)15(9-10)25-20(18)12-4-3-5-14(24-2)17(12)19(23)21-20;/h2*3-9,22H,1-2H3,(H,21,23);1H2/t2*20-;/m10./s1. The Bertz CT molecular complexity index is 2350. The third-order valence-corrected chi connectivity index (χ3v) is 9.92. The summed E-state index contributed by atoms with van der Waals surface area (Å²) in [6.45, 7) is 3.97. The van der Waals surface area contributed by atoms with Crippen LogP contribution in [0.4, 0.5) is 0 Å². The highest BCUT2D eigenvalue weighted by Gasteiger charge is 2.55. The van der Waals surface area contributed by atoms with Crippen LogP contribution in [0.2, 0.25) is 0 Å². The molecule has 2 amide bonds. The minimum atomic E-state index is -1.24. The molecule has 6 aromatic rings. The molecular weight excluding hydrogens is 652 g/mol. The lowest BCUT2D eigenvalue weighted by molar-refractivity contribution is 0.0692. The van der Waals surface area contributed by atoms with Gasteiger partial charge in [-0.3, -0.25) is 9.59 Å². The second-order valence-electron chi connectivity index (χ2n) is 12.9. The smallest absolute Gasteiger partial charge is 0.259 e. The number of phenolic OH excluding ortho intramolecular Hbond substituents is 2. The Morgan fingerprint density at radius 2 is 1.02 bits per heavy atom. The maximum absolute atomic E-state index is 12.7. The van der Waals surface area contributed by atoms with E-state index in [9.17, 15) is 19.8 Å². The van der Waals surface area contributed by atoms with Gasteiger partial charge in [0.1, 0.15) is 34.5 Å². The van der Waals surface area contributed by atoms with Gasteiger partial charge >= 0.3 is 0 Å². The Kier molecular flexibility index (Phi) is 6.71. The minimum Gasteiger partial charge on any atom is -0.507 e. The summed E-state index contributed by atoms with van der Waals surface area (Å²) >= 11 is 0. The van der Waals surface area contributed by atoms with Crippen molar-refractivity contribution in [1.29, 1.82) is 0 Å². The fraction of sp³-hybridized carbons (Fsp3) is 0.150. The number of methoxy groups -OCH3 is 2. The molecule has 4 heterocycles. The highest BCUT2D eigenvalue weighted by molar-refractivity contribution is 6.07. The minimum absolute atomic E-state index is 0. The molecule has 0 aliphatic carbocycles. The van der Waals surface area contributed by atoms with Crippen LogP contribution >= 0.6 is 0 Å². The van der Waals surface area contributed by atoms with Gasteiger partial charge in [-0.25, -0.2) is 0 Å². The Balaban J connectivity index is 0.000000144. The summed E-state index contributed by atoms with van der Waals surface area (Å²) in [5.74, 6) is 1.87. The fourth-order valence-electron chi connectivity index (χ4n) is 8.02. The van der Waals surface area contributed by atoms with Crippen molar-refractivity contribution in [2.75, 3.05) is 14.2 Å². The van der Waals surface area contributed by atoms with Gasteiger partial charge in [-0.15, -0.1) is 0 Å². The van der Waals surface area contributed by atoms with Crippen LogP contribution in [-0.4, -0.2) is 41.7 Å². The number of carbonyl (C=O) groups is 2. The van der Waals surface area contributed by atoms with Gasteiger partial charge in [0.15, 0.2) is 0 Å². The molecular formula is C40H32N2O9. The Labute approximate surface area is 291 Å². The first-order valence-corrected chi connectivity index (χ1v) is 16.0. The summed E-state index contributed by atoms with van der Waals surface area (Å²) in [5, 5.41) is 30.7. The Hall–Kier alpha value is -6.46. The van der Waals surface area contributed by atoms with E-state index < -0.39 is 11.4 Å². The SMILES string of the molecule is COc1cccc2c1C(=O)N[C@@]21Oc2cc(C)cc3ccc(O)c1c23.COc1cccc2c1C(=O)N[C@]21Oc2cc(C)cc3ccc(O)c1c23.O. The Morgan fingerprint density at radius 1 is 0.608 bits per heavy atom. The highest BCUT2D eigenvalue weighted by Crippen LogP contribution is 2.55. The molecule has 0 saturated carbocycles. The highest BCUT2D eigenvalue weighted by atomic mass is 16.5. The average molecular weight is 685 g/mol. The molecule has 11 heteroatoms. The van der Waals surface area contributed by atoms with Crippen LogP contribution < -0.4 is 29.6 Å². The molecule has 0 aromatic heterocycles. The molecule has 4 aliphatic heterocycles. The predicted octanol–water partition coefficient (Wildman–Crippen LogP) is 5.57. The molecule has 0 saturated heterocycles. The number of rotatable bonds is 2. The number of carbonyl (C=O) groups excluding carboxylic acids is 2. The third kappa shape index (κ3) is 4.09. The van der Waals surface area contributed by atoms with E-state index in [0.29, 0.717) is 56.4 Å². The lowest BCUT2D eigenvalue weighted by atomic mass is 9.91. The number of amides is 2. The number of phenols is 2. The topological polar surface area (TPSA) is 167 Å². The summed E-state index contributed by atoms with van der Waals surface area (Å²) in [5.41, 5.74) is 2.93.